The normalized spacial score (nSPS) is 24.1. The summed E-state index contributed by atoms with van der Waals surface area (Å²) in [6.07, 6.45) is 1.94. The molecule has 0 radical (unpaired) electrons. The molecule has 2 aliphatic rings. The van der Waals surface area contributed by atoms with E-state index in [9.17, 15) is 9.59 Å². The zero-order valence-electron chi connectivity index (χ0n) is 10.2. The standard InChI is InChI=1S/C14H16N2O2/c17-13-7-4-8-15(13)16-10-12(9-14(16)18)11-5-2-1-3-6-11/h1-3,5-6,12H,4,7-10H2. The van der Waals surface area contributed by atoms with Crippen LogP contribution in [-0.4, -0.2) is 34.9 Å². The average molecular weight is 244 g/mol. The predicted octanol–water partition coefficient (Wildman–Crippen LogP) is 1.54. The topological polar surface area (TPSA) is 40.6 Å². The van der Waals surface area contributed by atoms with Gasteiger partial charge in [0.05, 0.1) is 6.54 Å². The summed E-state index contributed by atoms with van der Waals surface area (Å²) in [5.74, 6) is 0.364. The van der Waals surface area contributed by atoms with E-state index in [0.717, 1.165) is 6.42 Å². The Morgan fingerprint density at radius 2 is 1.78 bits per heavy atom. The lowest BCUT2D eigenvalue weighted by atomic mass is 9.99. The number of amides is 2. The van der Waals surface area contributed by atoms with E-state index in [0.29, 0.717) is 25.9 Å². The Bertz CT molecular complexity index is 472. The van der Waals surface area contributed by atoms with Crippen molar-refractivity contribution >= 4 is 11.8 Å². The SMILES string of the molecule is O=C1CCCN1N1CC(c2ccccc2)CC1=O. The zero-order valence-corrected chi connectivity index (χ0v) is 10.2. The Balaban J connectivity index is 1.76. The fourth-order valence-corrected chi connectivity index (χ4v) is 2.76. The van der Waals surface area contributed by atoms with Crippen molar-refractivity contribution in [3.63, 3.8) is 0 Å². The number of carbonyl (C=O) groups excluding carboxylic acids is 2. The number of hydrogen-bond donors (Lipinski definition) is 0. The van der Waals surface area contributed by atoms with Crippen LogP contribution in [0.25, 0.3) is 0 Å². The van der Waals surface area contributed by atoms with Crippen LogP contribution in [0.3, 0.4) is 0 Å². The Labute approximate surface area is 106 Å². The fraction of sp³-hybridized carbons (Fsp3) is 0.429. The van der Waals surface area contributed by atoms with Gasteiger partial charge >= 0.3 is 0 Å². The molecule has 1 atom stereocenters. The third-order valence-corrected chi connectivity index (χ3v) is 3.71. The molecule has 4 nitrogen and oxygen atoms in total. The first-order valence-corrected chi connectivity index (χ1v) is 6.41. The molecular weight excluding hydrogens is 228 g/mol. The van der Waals surface area contributed by atoms with E-state index in [-0.39, 0.29) is 17.7 Å². The number of hydrogen-bond acceptors (Lipinski definition) is 2. The molecule has 1 unspecified atom stereocenters. The summed E-state index contributed by atoms with van der Waals surface area (Å²) in [5, 5.41) is 3.28. The third-order valence-electron chi connectivity index (χ3n) is 3.71. The van der Waals surface area contributed by atoms with Crippen molar-refractivity contribution in [2.75, 3.05) is 13.1 Å². The monoisotopic (exact) mass is 244 g/mol. The van der Waals surface area contributed by atoms with Gasteiger partial charge < -0.3 is 0 Å². The molecule has 0 spiro atoms. The van der Waals surface area contributed by atoms with Gasteiger partial charge in [-0.2, -0.15) is 0 Å². The number of nitrogens with zero attached hydrogens (tertiary/aromatic N) is 2. The summed E-state index contributed by atoms with van der Waals surface area (Å²) in [6, 6.07) is 10.1. The van der Waals surface area contributed by atoms with Gasteiger partial charge in [0, 0.05) is 25.3 Å². The maximum atomic E-state index is 12.0. The number of rotatable bonds is 2. The van der Waals surface area contributed by atoms with Crippen LogP contribution in [0.1, 0.15) is 30.7 Å². The minimum atomic E-state index is 0.0686. The van der Waals surface area contributed by atoms with E-state index in [1.165, 1.54) is 5.56 Å². The maximum absolute atomic E-state index is 12.0. The molecule has 0 saturated carbocycles. The number of benzene rings is 1. The third kappa shape index (κ3) is 1.88. The first-order valence-electron chi connectivity index (χ1n) is 6.41. The van der Waals surface area contributed by atoms with Crippen molar-refractivity contribution < 1.29 is 9.59 Å². The van der Waals surface area contributed by atoms with Crippen LogP contribution in [0.2, 0.25) is 0 Å². The van der Waals surface area contributed by atoms with Gasteiger partial charge in [0.15, 0.2) is 0 Å². The van der Waals surface area contributed by atoms with Crippen LogP contribution in [0, 0.1) is 0 Å². The molecule has 4 heteroatoms. The Morgan fingerprint density at radius 1 is 1.00 bits per heavy atom. The highest BCUT2D eigenvalue weighted by molar-refractivity contribution is 5.85. The summed E-state index contributed by atoms with van der Waals surface area (Å²) in [4.78, 5) is 23.7. The lowest BCUT2D eigenvalue weighted by Crippen LogP contribution is -2.44. The molecule has 2 aliphatic heterocycles. The van der Waals surface area contributed by atoms with E-state index < -0.39 is 0 Å². The molecule has 2 saturated heterocycles. The van der Waals surface area contributed by atoms with Crippen LogP contribution in [0.15, 0.2) is 30.3 Å². The molecule has 2 amide bonds. The highest BCUT2D eigenvalue weighted by Gasteiger charge is 2.37. The second-order valence-electron chi connectivity index (χ2n) is 4.91. The minimum absolute atomic E-state index is 0.0686. The van der Waals surface area contributed by atoms with E-state index in [2.05, 4.69) is 0 Å². The second-order valence-corrected chi connectivity index (χ2v) is 4.91. The Hall–Kier alpha value is -1.84. The molecule has 0 aromatic heterocycles. The van der Waals surface area contributed by atoms with Crippen molar-refractivity contribution in [1.29, 1.82) is 0 Å². The summed E-state index contributed by atoms with van der Waals surface area (Å²) in [6.45, 7) is 1.32. The van der Waals surface area contributed by atoms with Crippen LogP contribution >= 0.6 is 0 Å². The number of carbonyl (C=O) groups is 2. The van der Waals surface area contributed by atoms with Crippen LogP contribution in [0.4, 0.5) is 0 Å². The van der Waals surface area contributed by atoms with Gasteiger partial charge in [-0.25, -0.2) is 0 Å². The molecule has 2 heterocycles. The molecule has 3 rings (SSSR count). The second kappa shape index (κ2) is 4.44. The van der Waals surface area contributed by atoms with Gasteiger partial charge in [0.25, 0.3) is 0 Å². The average Bonchev–Trinajstić information content (AvgIpc) is 2.96. The van der Waals surface area contributed by atoms with Crippen LogP contribution < -0.4 is 0 Å². The van der Waals surface area contributed by atoms with Gasteiger partial charge in [0.1, 0.15) is 0 Å². The number of hydrazine groups is 1. The molecular formula is C14H16N2O2. The van der Waals surface area contributed by atoms with Gasteiger partial charge in [-0.05, 0) is 12.0 Å². The van der Waals surface area contributed by atoms with E-state index in [1.807, 2.05) is 30.3 Å². The van der Waals surface area contributed by atoms with Gasteiger partial charge in [0.2, 0.25) is 11.8 Å². The molecule has 0 N–H and O–H groups in total. The quantitative estimate of drug-likeness (QED) is 0.791. The molecule has 0 bridgehead atoms. The van der Waals surface area contributed by atoms with Gasteiger partial charge in [-0.3, -0.25) is 19.6 Å². The largest absolute Gasteiger partial charge is 0.273 e. The van der Waals surface area contributed by atoms with Gasteiger partial charge in [-0.1, -0.05) is 30.3 Å². The predicted molar refractivity (Wildman–Crippen MR) is 66.5 cm³/mol. The Morgan fingerprint density at radius 3 is 2.44 bits per heavy atom. The van der Waals surface area contributed by atoms with Crippen molar-refractivity contribution in [3.8, 4) is 0 Å². The summed E-state index contributed by atoms with van der Waals surface area (Å²) >= 11 is 0. The molecule has 94 valence electrons. The first-order chi connectivity index (χ1) is 8.75. The molecule has 2 fully saturated rings. The molecule has 0 aliphatic carbocycles. The summed E-state index contributed by atoms with van der Waals surface area (Å²) in [5.41, 5.74) is 1.18. The van der Waals surface area contributed by atoms with E-state index in [4.69, 9.17) is 0 Å². The van der Waals surface area contributed by atoms with E-state index >= 15 is 0 Å². The lowest BCUT2D eigenvalue weighted by Gasteiger charge is -2.27. The minimum Gasteiger partial charge on any atom is -0.273 e. The highest BCUT2D eigenvalue weighted by Crippen LogP contribution is 2.30. The highest BCUT2D eigenvalue weighted by atomic mass is 16.2. The van der Waals surface area contributed by atoms with Crippen molar-refractivity contribution in [1.82, 2.24) is 10.0 Å². The van der Waals surface area contributed by atoms with Crippen molar-refractivity contribution in [2.24, 2.45) is 0 Å². The molecule has 1 aromatic rings. The van der Waals surface area contributed by atoms with Gasteiger partial charge in [-0.15, -0.1) is 0 Å². The first kappa shape index (κ1) is 11.3. The molecule has 18 heavy (non-hydrogen) atoms. The van der Waals surface area contributed by atoms with Crippen LogP contribution in [-0.2, 0) is 9.59 Å². The van der Waals surface area contributed by atoms with Crippen molar-refractivity contribution in [2.45, 2.75) is 25.2 Å². The molecule has 1 aromatic carbocycles. The summed E-state index contributed by atoms with van der Waals surface area (Å²) < 4.78 is 0. The smallest absolute Gasteiger partial charge is 0.241 e. The fourth-order valence-electron chi connectivity index (χ4n) is 2.76. The lowest BCUT2D eigenvalue weighted by molar-refractivity contribution is -0.155. The van der Waals surface area contributed by atoms with Crippen molar-refractivity contribution in [3.05, 3.63) is 35.9 Å². The zero-order chi connectivity index (χ0) is 12.5. The Kier molecular flexibility index (Phi) is 2.78. The van der Waals surface area contributed by atoms with Crippen LogP contribution in [0.5, 0.6) is 0 Å². The summed E-state index contributed by atoms with van der Waals surface area (Å²) in [7, 11) is 0. The van der Waals surface area contributed by atoms with E-state index in [1.54, 1.807) is 10.0 Å². The maximum Gasteiger partial charge on any atom is 0.241 e.